The lowest BCUT2D eigenvalue weighted by atomic mass is 9.74. The van der Waals surface area contributed by atoms with E-state index in [0.29, 0.717) is 29.8 Å². The van der Waals surface area contributed by atoms with E-state index in [1.807, 2.05) is 0 Å². The van der Waals surface area contributed by atoms with Crippen LogP contribution in [-0.4, -0.2) is 33.5 Å². The third-order valence-corrected chi connectivity index (χ3v) is 4.49. The van der Waals surface area contributed by atoms with Gasteiger partial charge in [0.2, 0.25) is 0 Å². The molecule has 0 aliphatic heterocycles. The number of phosphoric ester groups is 1. The largest absolute Gasteiger partial charge is 0.470 e. The fourth-order valence-corrected chi connectivity index (χ4v) is 3.21. The van der Waals surface area contributed by atoms with Crippen LogP contribution in [0.25, 0.3) is 0 Å². The Bertz CT molecular complexity index is 606. The van der Waals surface area contributed by atoms with Gasteiger partial charge in [-0.15, -0.1) is 0 Å². The SMILES string of the molecule is O=C1[C@H](O)CCC[C@@]1(NCOP(=O)(O)O)c1ccccc1Cl. The first-order valence-electron chi connectivity index (χ1n) is 6.69. The minimum atomic E-state index is -4.67. The van der Waals surface area contributed by atoms with E-state index < -0.39 is 32.0 Å². The molecule has 7 nitrogen and oxygen atoms in total. The van der Waals surface area contributed by atoms with Crippen LogP contribution in [0.2, 0.25) is 5.02 Å². The van der Waals surface area contributed by atoms with Crippen molar-refractivity contribution < 1.29 is 28.8 Å². The molecule has 0 heterocycles. The van der Waals surface area contributed by atoms with E-state index in [0.717, 1.165) is 0 Å². The van der Waals surface area contributed by atoms with E-state index >= 15 is 0 Å². The summed E-state index contributed by atoms with van der Waals surface area (Å²) in [6, 6.07) is 6.65. The molecule has 0 saturated heterocycles. The average Bonchev–Trinajstić information content (AvgIpc) is 2.43. The van der Waals surface area contributed by atoms with Crippen molar-refractivity contribution in [1.82, 2.24) is 5.32 Å². The molecule has 1 aromatic carbocycles. The first-order valence-corrected chi connectivity index (χ1v) is 8.59. The normalized spacial score (nSPS) is 26.2. The number of benzene rings is 1. The van der Waals surface area contributed by atoms with E-state index in [1.54, 1.807) is 24.3 Å². The summed E-state index contributed by atoms with van der Waals surface area (Å²) in [4.78, 5) is 30.1. The number of Topliss-reactive ketones (excluding diaryl/α,β-unsaturated/α-hetero) is 1. The number of hydrogen-bond donors (Lipinski definition) is 4. The smallest absolute Gasteiger partial charge is 0.385 e. The van der Waals surface area contributed by atoms with Crippen LogP contribution in [0, 0.1) is 0 Å². The molecule has 0 aromatic heterocycles. The molecule has 2 atom stereocenters. The zero-order valence-electron chi connectivity index (χ0n) is 11.6. The summed E-state index contributed by atoms with van der Waals surface area (Å²) in [6.45, 7) is -0.548. The van der Waals surface area contributed by atoms with Crippen molar-refractivity contribution in [3.8, 4) is 0 Å². The van der Waals surface area contributed by atoms with Crippen LogP contribution < -0.4 is 5.32 Å². The van der Waals surface area contributed by atoms with Crippen molar-refractivity contribution in [1.29, 1.82) is 0 Å². The molecule has 0 unspecified atom stereocenters. The first kappa shape index (κ1) is 17.6. The maximum Gasteiger partial charge on any atom is 0.470 e. The minimum Gasteiger partial charge on any atom is -0.385 e. The summed E-state index contributed by atoms with van der Waals surface area (Å²) in [5.41, 5.74) is -0.875. The maximum absolute atomic E-state index is 12.5. The van der Waals surface area contributed by atoms with Gasteiger partial charge in [-0.05, 0) is 30.9 Å². The molecule has 4 N–H and O–H groups in total. The predicted molar refractivity (Wildman–Crippen MR) is 79.1 cm³/mol. The summed E-state index contributed by atoms with van der Waals surface area (Å²) in [7, 11) is -4.67. The molecule has 0 bridgehead atoms. The topological polar surface area (TPSA) is 116 Å². The lowest BCUT2D eigenvalue weighted by molar-refractivity contribution is -0.138. The molecular formula is C13H17ClNO6P. The Hall–Kier alpha value is -0.790. The number of nitrogens with one attached hydrogen (secondary N) is 1. The third kappa shape index (κ3) is 3.75. The summed E-state index contributed by atoms with van der Waals surface area (Å²) in [5.74, 6) is -0.485. The van der Waals surface area contributed by atoms with Gasteiger partial charge in [0.05, 0.1) is 0 Å². The highest BCUT2D eigenvalue weighted by atomic mass is 35.5. The zero-order chi connectivity index (χ0) is 16.4. The van der Waals surface area contributed by atoms with Gasteiger partial charge < -0.3 is 14.9 Å². The second-order valence-electron chi connectivity index (χ2n) is 5.10. The number of ketones is 1. The van der Waals surface area contributed by atoms with Gasteiger partial charge in [0, 0.05) is 5.02 Å². The van der Waals surface area contributed by atoms with Crippen molar-refractivity contribution in [2.24, 2.45) is 0 Å². The number of carbonyl (C=O) groups is 1. The molecule has 1 aliphatic carbocycles. The molecule has 0 radical (unpaired) electrons. The number of aliphatic hydroxyl groups excluding tert-OH is 1. The molecule has 0 spiro atoms. The van der Waals surface area contributed by atoms with Gasteiger partial charge in [0.1, 0.15) is 18.4 Å². The van der Waals surface area contributed by atoms with Crippen LogP contribution in [0.15, 0.2) is 24.3 Å². The van der Waals surface area contributed by atoms with Crippen molar-refractivity contribution in [2.75, 3.05) is 6.73 Å². The lowest BCUT2D eigenvalue weighted by Gasteiger charge is -2.39. The number of halogens is 1. The second kappa shape index (κ2) is 6.76. The first-order chi connectivity index (χ1) is 10.3. The number of aliphatic hydroxyl groups is 1. The molecule has 1 aromatic rings. The molecule has 0 amide bonds. The Morgan fingerprint density at radius 3 is 2.73 bits per heavy atom. The number of carbonyl (C=O) groups excluding carboxylic acids is 1. The van der Waals surface area contributed by atoms with Crippen molar-refractivity contribution in [3.63, 3.8) is 0 Å². The lowest BCUT2D eigenvalue weighted by Crippen LogP contribution is -2.56. The molecule has 1 aliphatic rings. The van der Waals surface area contributed by atoms with Crippen LogP contribution in [0.1, 0.15) is 24.8 Å². The molecule has 22 heavy (non-hydrogen) atoms. The minimum absolute atomic E-state index is 0.327. The molecular weight excluding hydrogens is 333 g/mol. The van der Waals surface area contributed by atoms with Crippen LogP contribution in [0.3, 0.4) is 0 Å². The van der Waals surface area contributed by atoms with Crippen LogP contribution in [-0.2, 0) is 19.4 Å². The Morgan fingerprint density at radius 1 is 1.41 bits per heavy atom. The molecule has 1 fully saturated rings. The number of phosphoric acid groups is 1. The quantitative estimate of drug-likeness (QED) is 0.467. The van der Waals surface area contributed by atoms with Crippen LogP contribution in [0.5, 0.6) is 0 Å². The van der Waals surface area contributed by atoms with Gasteiger partial charge in [-0.1, -0.05) is 29.8 Å². The number of rotatable bonds is 5. The van der Waals surface area contributed by atoms with E-state index in [4.69, 9.17) is 21.4 Å². The van der Waals surface area contributed by atoms with E-state index in [2.05, 4.69) is 9.84 Å². The van der Waals surface area contributed by atoms with Gasteiger partial charge >= 0.3 is 7.82 Å². The van der Waals surface area contributed by atoms with E-state index in [-0.39, 0.29) is 0 Å². The molecule has 122 valence electrons. The highest BCUT2D eigenvalue weighted by Gasteiger charge is 2.46. The van der Waals surface area contributed by atoms with Crippen molar-refractivity contribution >= 4 is 25.2 Å². The Morgan fingerprint density at radius 2 is 2.09 bits per heavy atom. The summed E-state index contributed by atoms with van der Waals surface area (Å²) >= 11 is 6.16. The average molecular weight is 350 g/mol. The van der Waals surface area contributed by atoms with Crippen molar-refractivity contribution in [2.45, 2.75) is 30.9 Å². The van der Waals surface area contributed by atoms with Gasteiger partial charge in [-0.3, -0.25) is 14.6 Å². The monoisotopic (exact) mass is 349 g/mol. The summed E-state index contributed by atoms with van der Waals surface area (Å²) in [5, 5.41) is 12.9. The van der Waals surface area contributed by atoms with Crippen LogP contribution >= 0.6 is 19.4 Å². The standard InChI is InChI=1S/C13H17ClNO6P/c14-10-5-2-1-4-9(10)13(15-8-21-22(18,19)20)7-3-6-11(16)12(13)17/h1-2,4-5,11,15-16H,3,6-8H2,(H2,18,19,20)/t11-,13-/m1/s1. The summed E-state index contributed by atoms with van der Waals surface area (Å²) < 4.78 is 15.2. The van der Waals surface area contributed by atoms with Gasteiger partial charge in [0.25, 0.3) is 0 Å². The van der Waals surface area contributed by atoms with Crippen molar-refractivity contribution in [3.05, 3.63) is 34.9 Å². The molecule has 2 rings (SSSR count). The highest BCUT2D eigenvalue weighted by molar-refractivity contribution is 7.46. The Balaban J connectivity index is 2.35. The molecule has 9 heteroatoms. The summed E-state index contributed by atoms with van der Waals surface area (Å²) in [6.07, 6.45) is 0.0807. The van der Waals surface area contributed by atoms with Crippen LogP contribution in [0.4, 0.5) is 0 Å². The fourth-order valence-electron chi connectivity index (χ4n) is 2.68. The second-order valence-corrected chi connectivity index (χ2v) is 6.74. The van der Waals surface area contributed by atoms with Gasteiger partial charge in [-0.2, -0.15) is 0 Å². The Labute approximate surface area is 132 Å². The van der Waals surface area contributed by atoms with Gasteiger partial charge in [-0.25, -0.2) is 4.57 Å². The number of hydrogen-bond acceptors (Lipinski definition) is 5. The highest BCUT2D eigenvalue weighted by Crippen LogP contribution is 2.40. The van der Waals surface area contributed by atoms with Gasteiger partial charge in [0.15, 0.2) is 5.78 Å². The fraction of sp³-hybridized carbons (Fsp3) is 0.462. The third-order valence-electron chi connectivity index (χ3n) is 3.69. The van der Waals surface area contributed by atoms with E-state index in [1.165, 1.54) is 0 Å². The zero-order valence-corrected chi connectivity index (χ0v) is 13.3. The van der Waals surface area contributed by atoms with E-state index in [9.17, 15) is 14.5 Å². The predicted octanol–water partition coefficient (Wildman–Crippen LogP) is 1.31. The maximum atomic E-state index is 12.5. The Kier molecular flexibility index (Phi) is 5.40. The molecule has 1 saturated carbocycles.